The molecule has 2 aliphatic rings. The summed E-state index contributed by atoms with van der Waals surface area (Å²) in [4.78, 5) is 39.3. The van der Waals surface area contributed by atoms with Crippen LogP contribution in [0.1, 0.15) is 29.9 Å². The van der Waals surface area contributed by atoms with Crippen LogP contribution in [0.15, 0.2) is 48.5 Å². The number of fused-ring (bicyclic) bond motifs is 3. The minimum Gasteiger partial charge on any atom is -0.479 e. The molecule has 4 rings (SSSR count). The van der Waals surface area contributed by atoms with Gasteiger partial charge in [0, 0.05) is 26.0 Å². The summed E-state index contributed by atoms with van der Waals surface area (Å²) in [7, 11) is 1.45. The molecule has 8 nitrogen and oxygen atoms in total. The van der Waals surface area contributed by atoms with E-state index < -0.39 is 29.6 Å². The predicted octanol–water partition coefficient (Wildman–Crippen LogP) is 3.35. The van der Waals surface area contributed by atoms with Crippen LogP contribution in [0.3, 0.4) is 0 Å². The first-order chi connectivity index (χ1) is 16.9. The highest BCUT2D eigenvalue weighted by molar-refractivity contribution is 7.98. The Labute approximate surface area is 209 Å². The van der Waals surface area contributed by atoms with E-state index in [2.05, 4.69) is 17.4 Å². The maximum atomic E-state index is 13.3. The van der Waals surface area contributed by atoms with E-state index in [1.807, 2.05) is 42.7 Å². The number of nitrogens with zero attached hydrogens (tertiary/aromatic N) is 1. The van der Waals surface area contributed by atoms with Gasteiger partial charge >= 0.3 is 12.1 Å². The molecule has 186 valence electrons. The molecular weight excluding hydrogens is 468 g/mol. The van der Waals surface area contributed by atoms with Gasteiger partial charge in [0.25, 0.3) is 0 Å². The minimum absolute atomic E-state index is 0.0786. The van der Waals surface area contributed by atoms with Gasteiger partial charge < -0.3 is 24.8 Å². The Bertz CT molecular complexity index is 1060. The molecule has 2 aromatic carbocycles. The van der Waals surface area contributed by atoms with E-state index in [0.29, 0.717) is 12.2 Å². The molecule has 2 atom stereocenters. The molecule has 0 spiro atoms. The van der Waals surface area contributed by atoms with Crippen molar-refractivity contribution in [2.45, 2.75) is 30.3 Å². The van der Waals surface area contributed by atoms with Crippen molar-refractivity contribution in [3.63, 3.8) is 0 Å². The second-order valence-corrected chi connectivity index (χ2v) is 9.83. The number of likely N-dealkylation sites (N-methyl/N-ethyl adjacent to an activating group) is 1. The van der Waals surface area contributed by atoms with Crippen LogP contribution in [-0.2, 0) is 19.1 Å². The van der Waals surface area contributed by atoms with Crippen LogP contribution in [0.4, 0.5) is 4.79 Å². The van der Waals surface area contributed by atoms with Gasteiger partial charge in [0.1, 0.15) is 12.6 Å². The van der Waals surface area contributed by atoms with Gasteiger partial charge in [-0.2, -0.15) is 11.8 Å². The maximum absolute atomic E-state index is 13.3. The predicted molar refractivity (Wildman–Crippen MR) is 134 cm³/mol. The summed E-state index contributed by atoms with van der Waals surface area (Å²) >= 11 is 1.54. The van der Waals surface area contributed by atoms with Gasteiger partial charge in [0.15, 0.2) is 5.54 Å². The van der Waals surface area contributed by atoms with Crippen LogP contribution in [0.2, 0.25) is 0 Å². The lowest BCUT2D eigenvalue weighted by molar-refractivity contribution is -0.158. The van der Waals surface area contributed by atoms with Gasteiger partial charge in [0.2, 0.25) is 5.91 Å². The van der Waals surface area contributed by atoms with Crippen LogP contribution in [0.25, 0.3) is 11.1 Å². The van der Waals surface area contributed by atoms with Crippen molar-refractivity contribution in [1.29, 1.82) is 0 Å². The number of rotatable bonds is 9. The summed E-state index contributed by atoms with van der Waals surface area (Å²) < 4.78 is 10.9. The largest absolute Gasteiger partial charge is 0.479 e. The van der Waals surface area contributed by atoms with Crippen molar-refractivity contribution in [1.82, 2.24) is 10.2 Å². The van der Waals surface area contributed by atoms with E-state index in [1.165, 1.54) is 23.7 Å². The van der Waals surface area contributed by atoms with Gasteiger partial charge in [-0.1, -0.05) is 48.5 Å². The number of ether oxygens (including phenoxy) is 2. The number of thioether (sulfide) groups is 1. The Morgan fingerprint density at radius 2 is 1.80 bits per heavy atom. The van der Waals surface area contributed by atoms with Crippen molar-refractivity contribution < 1.29 is 29.0 Å². The first-order valence-electron chi connectivity index (χ1n) is 11.6. The van der Waals surface area contributed by atoms with Crippen LogP contribution >= 0.6 is 11.8 Å². The molecule has 9 heteroatoms. The highest BCUT2D eigenvalue weighted by atomic mass is 32.2. The van der Waals surface area contributed by atoms with Gasteiger partial charge in [0.05, 0.1) is 6.61 Å². The highest BCUT2D eigenvalue weighted by Gasteiger charge is 2.49. The smallest absolute Gasteiger partial charge is 0.407 e. The topological polar surface area (TPSA) is 105 Å². The number of carbonyl (C=O) groups excluding carboxylic acids is 2. The summed E-state index contributed by atoms with van der Waals surface area (Å²) in [6.07, 6.45) is 1.75. The lowest BCUT2D eigenvalue weighted by Crippen LogP contribution is -2.60. The number of carboxylic acids is 1. The first kappa shape index (κ1) is 25.1. The summed E-state index contributed by atoms with van der Waals surface area (Å²) in [6, 6.07) is 15.2. The summed E-state index contributed by atoms with van der Waals surface area (Å²) in [6.45, 7) is 0.315. The van der Waals surface area contributed by atoms with Crippen molar-refractivity contribution in [2.75, 3.05) is 38.9 Å². The third-order valence-corrected chi connectivity index (χ3v) is 7.56. The van der Waals surface area contributed by atoms with E-state index in [0.717, 1.165) is 22.3 Å². The molecule has 1 fully saturated rings. The van der Waals surface area contributed by atoms with E-state index >= 15 is 0 Å². The Morgan fingerprint density at radius 3 is 2.34 bits per heavy atom. The molecular formula is C26H30N2O6S. The number of alkyl carbamates (subject to hydrolysis) is 1. The number of carbonyl (C=O) groups is 3. The van der Waals surface area contributed by atoms with E-state index in [4.69, 9.17) is 9.47 Å². The van der Waals surface area contributed by atoms with Gasteiger partial charge in [-0.25, -0.2) is 9.59 Å². The van der Waals surface area contributed by atoms with Crippen LogP contribution in [0.5, 0.6) is 0 Å². The second kappa shape index (κ2) is 10.7. The van der Waals surface area contributed by atoms with Crippen molar-refractivity contribution in [3.8, 4) is 11.1 Å². The Morgan fingerprint density at radius 1 is 1.17 bits per heavy atom. The van der Waals surface area contributed by atoms with Gasteiger partial charge in [-0.3, -0.25) is 4.79 Å². The summed E-state index contributed by atoms with van der Waals surface area (Å²) in [5, 5.41) is 12.5. The molecule has 1 aliphatic heterocycles. The molecule has 1 saturated heterocycles. The van der Waals surface area contributed by atoms with Crippen LogP contribution in [-0.4, -0.2) is 78.4 Å². The zero-order valence-electron chi connectivity index (χ0n) is 19.9. The number of hydrogen-bond donors (Lipinski definition) is 2. The number of benzene rings is 2. The Balaban J connectivity index is 1.45. The number of carboxylic acid groups (broad SMARTS) is 1. The van der Waals surface area contributed by atoms with Crippen LogP contribution < -0.4 is 5.32 Å². The lowest BCUT2D eigenvalue weighted by atomic mass is 9.95. The molecule has 1 aliphatic carbocycles. The Hall–Kier alpha value is -3.04. The molecule has 2 aromatic rings. The third kappa shape index (κ3) is 4.88. The third-order valence-electron chi connectivity index (χ3n) is 6.92. The fourth-order valence-electron chi connectivity index (χ4n) is 4.85. The summed E-state index contributed by atoms with van der Waals surface area (Å²) in [5.41, 5.74) is 3.02. The van der Waals surface area contributed by atoms with E-state index in [-0.39, 0.29) is 32.2 Å². The zero-order valence-corrected chi connectivity index (χ0v) is 20.7. The Kier molecular flexibility index (Phi) is 7.66. The van der Waals surface area contributed by atoms with Crippen LogP contribution in [0, 0.1) is 0 Å². The zero-order chi connectivity index (χ0) is 25.0. The molecule has 2 amide bonds. The normalized spacial score (nSPS) is 19.5. The molecule has 2 N–H and O–H groups in total. The number of nitrogens with one attached hydrogen (secondary N) is 1. The quantitative estimate of drug-likeness (QED) is 0.546. The van der Waals surface area contributed by atoms with Crippen molar-refractivity contribution in [2.24, 2.45) is 0 Å². The second-order valence-electron chi connectivity index (χ2n) is 8.84. The van der Waals surface area contributed by atoms with Gasteiger partial charge in [-0.05, 0) is 40.7 Å². The number of hydrogen-bond acceptors (Lipinski definition) is 6. The molecule has 1 unspecified atom stereocenters. The average Bonchev–Trinajstić information content (AvgIpc) is 3.49. The molecule has 0 bridgehead atoms. The maximum Gasteiger partial charge on any atom is 0.407 e. The SMILES string of the molecule is CSCC[C@@H](NC(=O)OCC1c2ccccc2-c2ccccc21)C(=O)N(C)C1(C(=O)O)CCOC1. The fourth-order valence-corrected chi connectivity index (χ4v) is 5.32. The monoisotopic (exact) mass is 498 g/mol. The minimum atomic E-state index is -1.43. The fraction of sp³-hybridized carbons (Fsp3) is 0.423. The summed E-state index contributed by atoms with van der Waals surface area (Å²) in [5.74, 6) is -1.07. The van der Waals surface area contributed by atoms with E-state index in [1.54, 1.807) is 0 Å². The average molecular weight is 499 g/mol. The highest BCUT2D eigenvalue weighted by Crippen LogP contribution is 2.44. The lowest BCUT2D eigenvalue weighted by Gasteiger charge is -2.35. The molecule has 35 heavy (non-hydrogen) atoms. The number of aliphatic carboxylic acids is 1. The molecule has 0 saturated carbocycles. The molecule has 1 heterocycles. The molecule has 0 aromatic heterocycles. The van der Waals surface area contributed by atoms with E-state index in [9.17, 15) is 19.5 Å². The standard InChI is InChI=1S/C26H30N2O6S/c1-28(26(24(30)31)12-13-33-16-26)23(29)22(11-14-35-2)27-25(32)34-15-21-19-9-5-3-7-17(19)18-8-4-6-10-20(18)21/h3-10,21-22H,11-16H2,1-2H3,(H,27,32)(H,30,31)/t22-,26?/m1/s1. The first-order valence-corrected chi connectivity index (χ1v) is 13.0. The number of amides is 2. The van der Waals surface area contributed by atoms with Crippen molar-refractivity contribution >= 4 is 29.7 Å². The van der Waals surface area contributed by atoms with Crippen molar-refractivity contribution in [3.05, 3.63) is 59.7 Å². The molecule has 0 radical (unpaired) electrons. The van der Waals surface area contributed by atoms with Gasteiger partial charge in [-0.15, -0.1) is 0 Å².